The lowest BCUT2D eigenvalue weighted by molar-refractivity contribution is 0.190. The summed E-state index contributed by atoms with van der Waals surface area (Å²) in [5.41, 5.74) is 1.02. The maximum Gasteiger partial charge on any atom is 0.231 e. The molecule has 0 saturated carbocycles. The number of hydrogen-bond donors (Lipinski definition) is 1. The molecule has 23 heavy (non-hydrogen) atoms. The number of piperazine rings is 1. The van der Waals surface area contributed by atoms with Gasteiger partial charge in [-0.1, -0.05) is 21.1 Å². The normalized spacial score (nSPS) is 18.5. The predicted molar refractivity (Wildman–Crippen MR) is 93.3 cm³/mol. The topological polar surface area (TPSA) is 63.4 Å². The zero-order valence-corrected chi connectivity index (χ0v) is 15.5. The molecule has 6 nitrogen and oxygen atoms in total. The van der Waals surface area contributed by atoms with Crippen molar-refractivity contribution in [2.75, 3.05) is 33.8 Å². The minimum absolute atomic E-state index is 0. The maximum atomic E-state index is 5.42. The Kier molecular flexibility index (Phi) is 6.41. The fourth-order valence-electron chi connectivity index (χ4n) is 2.62. The number of rotatable bonds is 4. The van der Waals surface area contributed by atoms with Crippen LogP contribution >= 0.6 is 28.3 Å². The molecule has 2 aromatic rings. The van der Waals surface area contributed by atoms with E-state index in [1.807, 2.05) is 18.2 Å². The average Bonchev–Trinajstić information content (AvgIpc) is 2.96. The van der Waals surface area contributed by atoms with E-state index in [1.165, 1.54) is 0 Å². The van der Waals surface area contributed by atoms with Crippen LogP contribution in [0.4, 0.5) is 0 Å². The van der Waals surface area contributed by atoms with E-state index >= 15 is 0 Å². The van der Waals surface area contributed by atoms with Gasteiger partial charge in [-0.05, 0) is 25.2 Å². The van der Waals surface area contributed by atoms with Crippen molar-refractivity contribution in [3.63, 3.8) is 0 Å². The van der Waals surface area contributed by atoms with E-state index < -0.39 is 0 Å². The van der Waals surface area contributed by atoms with Crippen LogP contribution in [-0.2, 0) is 6.42 Å². The van der Waals surface area contributed by atoms with E-state index in [9.17, 15) is 0 Å². The van der Waals surface area contributed by atoms with Gasteiger partial charge in [0.15, 0.2) is 5.82 Å². The molecule has 8 heteroatoms. The molecule has 126 valence electrons. The van der Waals surface area contributed by atoms with Crippen LogP contribution in [0.2, 0.25) is 0 Å². The molecule has 0 aliphatic carbocycles. The lowest BCUT2D eigenvalue weighted by atomic mass is 10.1. The molecule has 1 saturated heterocycles. The molecule has 3 rings (SSSR count). The van der Waals surface area contributed by atoms with Gasteiger partial charge < -0.3 is 14.6 Å². The third-order valence-corrected chi connectivity index (χ3v) is 4.37. The van der Waals surface area contributed by atoms with Gasteiger partial charge in [-0.25, -0.2) is 0 Å². The van der Waals surface area contributed by atoms with Crippen LogP contribution in [-0.4, -0.2) is 48.8 Å². The monoisotopic (exact) mass is 402 g/mol. The van der Waals surface area contributed by atoms with Gasteiger partial charge in [0.2, 0.25) is 5.89 Å². The maximum absolute atomic E-state index is 5.42. The van der Waals surface area contributed by atoms with Gasteiger partial charge in [0.25, 0.3) is 0 Å². The number of nitrogens with one attached hydrogen (secondary N) is 1. The Balaban J connectivity index is 0.00000192. The highest BCUT2D eigenvalue weighted by molar-refractivity contribution is 9.10. The van der Waals surface area contributed by atoms with E-state index in [0.29, 0.717) is 12.3 Å². The molecule has 0 spiro atoms. The Morgan fingerprint density at radius 3 is 3.04 bits per heavy atom. The highest BCUT2D eigenvalue weighted by atomic mass is 79.9. The van der Waals surface area contributed by atoms with Crippen molar-refractivity contribution in [1.82, 2.24) is 20.4 Å². The summed E-state index contributed by atoms with van der Waals surface area (Å²) >= 11 is 3.48. The molecule has 1 unspecified atom stereocenters. The lowest BCUT2D eigenvalue weighted by Gasteiger charge is -2.30. The Bertz CT molecular complexity index is 652. The first kappa shape index (κ1) is 18.2. The minimum atomic E-state index is 0. The molecule has 1 N–H and O–H groups in total. The zero-order valence-electron chi connectivity index (χ0n) is 13.1. The fourth-order valence-corrected chi connectivity index (χ4v) is 3.03. The molecule has 0 radical (unpaired) electrons. The number of methoxy groups -OCH3 is 1. The predicted octanol–water partition coefficient (Wildman–Crippen LogP) is 2.43. The van der Waals surface area contributed by atoms with E-state index in [4.69, 9.17) is 9.26 Å². The van der Waals surface area contributed by atoms with Crippen molar-refractivity contribution in [2.24, 2.45) is 0 Å². The molecule has 1 aromatic carbocycles. The summed E-state index contributed by atoms with van der Waals surface area (Å²) in [5.74, 6) is 2.16. The smallest absolute Gasteiger partial charge is 0.231 e. The lowest BCUT2D eigenvalue weighted by Crippen LogP contribution is -2.44. The highest BCUT2D eigenvalue weighted by Gasteiger charge is 2.25. The number of hydrogen-bond acceptors (Lipinski definition) is 6. The Morgan fingerprint density at radius 2 is 2.30 bits per heavy atom. The van der Waals surface area contributed by atoms with Crippen LogP contribution in [0.15, 0.2) is 27.2 Å². The molecule has 1 aliphatic heterocycles. The summed E-state index contributed by atoms with van der Waals surface area (Å²) in [6.45, 7) is 2.82. The van der Waals surface area contributed by atoms with Crippen molar-refractivity contribution in [3.8, 4) is 5.75 Å². The molecular weight excluding hydrogens is 384 g/mol. The number of likely N-dealkylation sites (N-methyl/N-ethyl adjacent to an activating group) is 1. The SMILES string of the molecule is COc1ccc(Br)cc1Cc1nc(C2CNCCN2C)no1.Cl. The summed E-state index contributed by atoms with van der Waals surface area (Å²) in [4.78, 5) is 6.80. The van der Waals surface area contributed by atoms with Crippen molar-refractivity contribution >= 4 is 28.3 Å². The third kappa shape index (κ3) is 4.23. The van der Waals surface area contributed by atoms with Crippen molar-refractivity contribution in [3.05, 3.63) is 40.0 Å². The Morgan fingerprint density at radius 1 is 1.48 bits per heavy atom. The van der Waals surface area contributed by atoms with Crippen LogP contribution in [0.1, 0.15) is 23.3 Å². The van der Waals surface area contributed by atoms with Crippen LogP contribution in [0.5, 0.6) is 5.75 Å². The summed E-state index contributed by atoms with van der Waals surface area (Å²) in [6, 6.07) is 6.05. The molecule has 0 amide bonds. The second-order valence-corrected chi connectivity index (χ2v) is 6.30. The second-order valence-electron chi connectivity index (χ2n) is 5.38. The van der Waals surface area contributed by atoms with Crippen molar-refractivity contribution in [1.29, 1.82) is 0 Å². The van der Waals surface area contributed by atoms with Gasteiger partial charge in [-0.15, -0.1) is 12.4 Å². The van der Waals surface area contributed by atoms with Gasteiger partial charge >= 0.3 is 0 Å². The van der Waals surface area contributed by atoms with Crippen molar-refractivity contribution < 1.29 is 9.26 Å². The number of nitrogens with zero attached hydrogens (tertiary/aromatic N) is 3. The van der Waals surface area contributed by atoms with E-state index in [-0.39, 0.29) is 18.4 Å². The van der Waals surface area contributed by atoms with E-state index in [0.717, 1.165) is 41.2 Å². The van der Waals surface area contributed by atoms with Gasteiger partial charge in [-0.2, -0.15) is 4.98 Å². The van der Waals surface area contributed by atoms with Crippen LogP contribution in [0, 0.1) is 0 Å². The largest absolute Gasteiger partial charge is 0.496 e. The van der Waals surface area contributed by atoms with Crippen LogP contribution in [0.25, 0.3) is 0 Å². The molecule has 1 atom stereocenters. The number of aromatic nitrogens is 2. The van der Waals surface area contributed by atoms with Gasteiger partial charge in [0.1, 0.15) is 5.75 Å². The molecule has 2 heterocycles. The molecule has 1 aliphatic rings. The van der Waals surface area contributed by atoms with Crippen LogP contribution in [0.3, 0.4) is 0 Å². The molecule has 1 fully saturated rings. The standard InChI is InChI=1S/C15H19BrN4O2.ClH/c1-20-6-5-17-9-12(20)15-18-14(22-19-15)8-10-7-11(16)3-4-13(10)21-2;/h3-4,7,12,17H,5-6,8-9H2,1-2H3;1H. The Hall–Kier alpha value is -1.15. The van der Waals surface area contributed by atoms with Gasteiger partial charge in [0, 0.05) is 29.7 Å². The highest BCUT2D eigenvalue weighted by Crippen LogP contribution is 2.26. The fraction of sp³-hybridized carbons (Fsp3) is 0.467. The number of benzene rings is 1. The van der Waals surface area contributed by atoms with Gasteiger partial charge in [-0.3, -0.25) is 4.90 Å². The van der Waals surface area contributed by atoms with Crippen molar-refractivity contribution in [2.45, 2.75) is 12.5 Å². The van der Waals surface area contributed by atoms with Crippen LogP contribution < -0.4 is 10.1 Å². The Labute approximate surface area is 150 Å². The minimum Gasteiger partial charge on any atom is -0.496 e. The average molecular weight is 404 g/mol. The molecule has 0 bridgehead atoms. The number of halogens is 2. The molecule has 1 aromatic heterocycles. The number of ether oxygens (including phenoxy) is 1. The third-order valence-electron chi connectivity index (χ3n) is 3.88. The first-order valence-corrected chi connectivity index (χ1v) is 8.02. The summed E-state index contributed by atoms with van der Waals surface area (Å²) in [7, 11) is 3.74. The van der Waals surface area contributed by atoms with E-state index in [2.05, 4.69) is 43.3 Å². The molecular formula is C15H20BrClN4O2. The summed E-state index contributed by atoms with van der Waals surface area (Å²) < 4.78 is 11.8. The first-order chi connectivity index (χ1) is 10.7. The summed E-state index contributed by atoms with van der Waals surface area (Å²) in [5, 5.41) is 7.50. The van der Waals surface area contributed by atoms with E-state index in [1.54, 1.807) is 7.11 Å². The zero-order chi connectivity index (χ0) is 15.5. The van der Waals surface area contributed by atoms with Gasteiger partial charge in [0.05, 0.1) is 19.6 Å². The first-order valence-electron chi connectivity index (χ1n) is 7.23. The quantitative estimate of drug-likeness (QED) is 0.846. The second kappa shape index (κ2) is 8.10. The summed E-state index contributed by atoms with van der Waals surface area (Å²) in [6.07, 6.45) is 0.555.